The molecule has 3 aromatic carbocycles. The van der Waals surface area contributed by atoms with Crippen molar-refractivity contribution in [2.45, 2.75) is 31.1 Å². The maximum atomic E-state index is 13.8. The van der Waals surface area contributed by atoms with Crippen molar-refractivity contribution in [3.05, 3.63) is 128 Å². The van der Waals surface area contributed by atoms with E-state index in [0.29, 0.717) is 28.8 Å². The molecule has 2 aromatic heterocycles. The maximum Gasteiger partial charge on any atom is 0.273 e. The predicted molar refractivity (Wildman–Crippen MR) is 179 cm³/mol. The van der Waals surface area contributed by atoms with Crippen LogP contribution < -0.4 is 10.1 Å². The Labute approximate surface area is 282 Å². The summed E-state index contributed by atoms with van der Waals surface area (Å²) in [6.45, 7) is 1.44. The van der Waals surface area contributed by atoms with Gasteiger partial charge in [-0.05, 0) is 54.3 Å². The summed E-state index contributed by atoms with van der Waals surface area (Å²) in [6, 6.07) is 21.0. The van der Waals surface area contributed by atoms with Crippen molar-refractivity contribution in [3.8, 4) is 11.4 Å². The van der Waals surface area contributed by atoms with E-state index in [2.05, 4.69) is 20.6 Å². The highest BCUT2D eigenvalue weighted by molar-refractivity contribution is 7.99. The van der Waals surface area contributed by atoms with E-state index in [0.717, 1.165) is 27.9 Å². The Balaban J connectivity index is 1.26. The number of benzene rings is 3. The van der Waals surface area contributed by atoms with Gasteiger partial charge < -0.3 is 10.1 Å². The molecular formula is C33H28FN7O5S2. The average Bonchev–Trinajstić information content (AvgIpc) is 3.87. The number of hydrazone groups is 1. The summed E-state index contributed by atoms with van der Waals surface area (Å²) in [6.07, 6.45) is 0.480. The summed E-state index contributed by atoms with van der Waals surface area (Å²) in [5.41, 5.74) is 2.36. The molecule has 0 unspecified atom stereocenters. The van der Waals surface area contributed by atoms with Crippen LogP contribution >= 0.6 is 23.1 Å². The van der Waals surface area contributed by atoms with E-state index in [9.17, 15) is 24.1 Å². The normalized spacial score (nSPS) is 14.1. The van der Waals surface area contributed by atoms with Crippen LogP contribution in [0.4, 0.5) is 10.1 Å². The molecule has 0 saturated carbocycles. The third-order valence-corrected chi connectivity index (χ3v) is 9.56. The summed E-state index contributed by atoms with van der Waals surface area (Å²) in [7, 11) is 1.53. The highest BCUT2D eigenvalue weighted by Crippen LogP contribution is 2.35. The fourth-order valence-electron chi connectivity index (χ4n) is 5.36. The maximum absolute atomic E-state index is 13.8. The van der Waals surface area contributed by atoms with Gasteiger partial charge in [-0.25, -0.2) is 9.40 Å². The molecule has 244 valence electrons. The van der Waals surface area contributed by atoms with Crippen LogP contribution in [0, 0.1) is 22.9 Å². The van der Waals surface area contributed by atoms with Gasteiger partial charge in [0.05, 0.1) is 46.6 Å². The van der Waals surface area contributed by atoms with E-state index >= 15 is 0 Å². The Morgan fingerprint density at radius 3 is 2.60 bits per heavy atom. The largest absolute Gasteiger partial charge is 0.495 e. The van der Waals surface area contributed by atoms with Gasteiger partial charge in [-0.15, -0.1) is 21.5 Å². The van der Waals surface area contributed by atoms with Crippen LogP contribution in [0.5, 0.6) is 5.75 Å². The molecule has 48 heavy (non-hydrogen) atoms. The SMILES string of the molecule is COc1ccccc1-n1c(CNC(=O)c2cccc([N+](=O)[O-])c2C)nnc1SCC(=O)N1N=C(c2cccs2)C[C@@H]1c1ccc(F)cc1. The lowest BCUT2D eigenvalue weighted by molar-refractivity contribution is -0.385. The third kappa shape index (κ3) is 6.68. The molecule has 6 rings (SSSR count). The van der Waals surface area contributed by atoms with Gasteiger partial charge in [-0.3, -0.25) is 24.3 Å². The Hall–Kier alpha value is -5.41. The zero-order valence-electron chi connectivity index (χ0n) is 25.7. The fraction of sp³-hybridized carbons (Fsp3) is 0.182. The number of hydrogen-bond acceptors (Lipinski definition) is 10. The smallest absolute Gasteiger partial charge is 0.273 e. The van der Waals surface area contributed by atoms with Crippen molar-refractivity contribution in [2.75, 3.05) is 12.9 Å². The van der Waals surface area contributed by atoms with Gasteiger partial charge in [0.1, 0.15) is 11.6 Å². The molecule has 1 aliphatic rings. The lowest BCUT2D eigenvalue weighted by atomic mass is 10.0. The first-order valence-corrected chi connectivity index (χ1v) is 16.5. The van der Waals surface area contributed by atoms with E-state index in [1.165, 1.54) is 60.7 Å². The number of halogens is 1. The number of nitro groups is 1. The van der Waals surface area contributed by atoms with Crippen LogP contribution in [-0.4, -0.2) is 55.1 Å². The molecule has 0 radical (unpaired) electrons. The minimum absolute atomic E-state index is 0.0502. The number of hydrogen-bond donors (Lipinski definition) is 1. The van der Waals surface area contributed by atoms with Crippen molar-refractivity contribution in [2.24, 2.45) is 5.10 Å². The first-order chi connectivity index (χ1) is 23.2. The summed E-state index contributed by atoms with van der Waals surface area (Å²) in [5.74, 6) is -0.372. The first-order valence-electron chi connectivity index (χ1n) is 14.7. The van der Waals surface area contributed by atoms with Gasteiger partial charge >= 0.3 is 0 Å². The predicted octanol–water partition coefficient (Wildman–Crippen LogP) is 6.09. The summed E-state index contributed by atoms with van der Waals surface area (Å²) in [4.78, 5) is 38.7. The molecule has 0 fully saturated rings. The quantitative estimate of drug-likeness (QED) is 0.0999. The zero-order chi connectivity index (χ0) is 33.8. The van der Waals surface area contributed by atoms with Crippen molar-refractivity contribution >= 4 is 46.3 Å². The van der Waals surface area contributed by atoms with Crippen molar-refractivity contribution in [1.29, 1.82) is 0 Å². The second kappa shape index (κ2) is 14.1. The molecule has 1 N–H and O–H groups in total. The molecule has 0 bridgehead atoms. The number of thiophene rings is 1. The lowest BCUT2D eigenvalue weighted by Crippen LogP contribution is -2.28. The Kier molecular flexibility index (Phi) is 9.59. The molecule has 0 spiro atoms. The van der Waals surface area contributed by atoms with E-state index in [-0.39, 0.29) is 40.8 Å². The highest BCUT2D eigenvalue weighted by Gasteiger charge is 2.34. The number of para-hydroxylation sites is 2. The summed E-state index contributed by atoms with van der Waals surface area (Å²) < 4.78 is 21.0. The number of methoxy groups -OCH3 is 1. The van der Waals surface area contributed by atoms with Crippen LogP contribution in [0.2, 0.25) is 0 Å². The number of nitrogens with one attached hydrogen (secondary N) is 1. The first kappa shape index (κ1) is 32.5. The molecule has 3 heterocycles. The van der Waals surface area contributed by atoms with Crippen LogP contribution in [0.25, 0.3) is 5.69 Å². The minimum atomic E-state index is -0.534. The van der Waals surface area contributed by atoms with Gasteiger partial charge in [0, 0.05) is 23.6 Å². The van der Waals surface area contributed by atoms with Gasteiger partial charge in [0.2, 0.25) is 0 Å². The van der Waals surface area contributed by atoms with Crippen LogP contribution in [0.1, 0.15) is 44.6 Å². The molecule has 2 amide bonds. The van der Waals surface area contributed by atoms with Crippen molar-refractivity contribution in [1.82, 2.24) is 25.1 Å². The number of carbonyl (C=O) groups is 2. The molecule has 15 heteroatoms. The van der Waals surface area contributed by atoms with Crippen molar-refractivity contribution in [3.63, 3.8) is 0 Å². The van der Waals surface area contributed by atoms with E-state index in [1.54, 1.807) is 28.8 Å². The number of rotatable bonds is 11. The Morgan fingerprint density at radius 2 is 1.88 bits per heavy atom. The monoisotopic (exact) mass is 685 g/mol. The Bertz CT molecular complexity index is 2020. The second-order valence-electron chi connectivity index (χ2n) is 10.6. The second-order valence-corrected chi connectivity index (χ2v) is 12.5. The van der Waals surface area contributed by atoms with E-state index in [4.69, 9.17) is 4.74 Å². The third-order valence-electron chi connectivity index (χ3n) is 7.73. The minimum Gasteiger partial charge on any atom is -0.495 e. The standard InChI is InChI=1S/C33H28FN7O5S2/c1-20-23(7-5-9-25(20)41(44)45)32(43)35-18-30-36-37-33(39(30)26-8-3-4-10-28(26)46-2)48-19-31(42)40-27(21-12-14-22(34)15-13-21)17-24(38-40)29-11-6-16-47-29/h3-16,27H,17-19H2,1-2H3,(H,35,43)/t27-/m1/s1. The van der Waals surface area contributed by atoms with Gasteiger partial charge in [0.25, 0.3) is 17.5 Å². The van der Waals surface area contributed by atoms with E-state index < -0.39 is 16.9 Å². The number of nitro benzene ring substituents is 1. The van der Waals surface area contributed by atoms with E-state index in [1.807, 2.05) is 29.6 Å². The highest BCUT2D eigenvalue weighted by atomic mass is 32.2. The summed E-state index contributed by atoms with van der Waals surface area (Å²) >= 11 is 2.67. The molecule has 1 aliphatic heterocycles. The molecular weight excluding hydrogens is 658 g/mol. The molecule has 1 atom stereocenters. The van der Waals surface area contributed by atoms with Crippen LogP contribution in [0.3, 0.4) is 0 Å². The van der Waals surface area contributed by atoms with Crippen LogP contribution in [0.15, 0.2) is 94.5 Å². The Morgan fingerprint density at radius 1 is 1.08 bits per heavy atom. The van der Waals surface area contributed by atoms with Gasteiger partial charge in [0.15, 0.2) is 11.0 Å². The molecule has 12 nitrogen and oxygen atoms in total. The number of aromatic nitrogens is 3. The average molecular weight is 686 g/mol. The number of carbonyl (C=O) groups excluding carboxylic acids is 2. The zero-order valence-corrected chi connectivity index (χ0v) is 27.3. The van der Waals surface area contributed by atoms with Gasteiger partial charge in [-0.1, -0.05) is 48.2 Å². The van der Waals surface area contributed by atoms with Gasteiger partial charge in [-0.2, -0.15) is 5.10 Å². The fourth-order valence-corrected chi connectivity index (χ4v) is 6.89. The summed E-state index contributed by atoms with van der Waals surface area (Å²) in [5, 5.41) is 31.3. The molecule has 0 saturated heterocycles. The molecule has 0 aliphatic carbocycles. The number of ether oxygens (including phenoxy) is 1. The van der Waals surface area contributed by atoms with Crippen molar-refractivity contribution < 1.29 is 23.6 Å². The number of amides is 2. The lowest BCUT2D eigenvalue weighted by Gasteiger charge is -2.22. The molecule has 5 aromatic rings. The number of thioether (sulfide) groups is 1. The number of nitrogens with zero attached hydrogens (tertiary/aromatic N) is 6. The van der Waals surface area contributed by atoms with Crippen LogP contribution in [-0.2, 0) is 11.3 Å². The topological polar surface area (TPSA) is 145 Å².